The van der Waals surface area contributed by atoms with Gasteiger partial charge in [0.25, 0.3) is 0 Å². The normalized spacial score (nSPS) is 13.3. The van der Waals surface area contributed by atoms with Crippen LogP contribution in [0.4, 0.5) is 0 Å². The average molecular weight is 443 g/mol. The van der Waals surface area contributed by atoms with Gasteiger partial charge in [0.1, 0.15) is 5.75 Å². The molecule has 0 atom stereocenters. The van der Waals surface area contributed by atoms with Crippen molar-refractivity contribution in [1.29, 1.82) is 0 Å². The second-order valence-corrected chi connectivity index (χ2v) is 9.46. The van der Waals surface area contributed by atoms with Crippen LogP contribution in [0.1, 0.15) is 36.0 Å². The summed E-state index contributed by atoms with van der Waals surface area (Å²) >= 11 is 0. The standard InChI is InChI=1S/C24H30N2O4S/c1-3-16-26(18-19-8-11-22(30-2)12-9-19)24(27)14-15-25-31(28,29)23-13-10-20-6-4-5-7-21(20)17-23/h3,8-13,17,25H,1,4-7,14-16,18H2,2H3. The van der Waals surface area contributed by atoms with Crippen LogP contribution in [0.2, 0.25) is 0 Å². The summed E-state index contributed by atoms with van der Waals surface area (Å²) in [7, 11) is -2.04. The van der Waals surface area contributed by atoms with Crippen LogP contribution in [0.15, 0.2) is 60.0 Å². The van der Waals surface area contributed by atoms with E-state index in [2.05, 4.69) is 11.3 Å². The number of aryl methyl sites for hydroxylation is 2. The fourth-order valence-corrected chi connectivity index (χ4v) is 4.85. The van der Waals surface area contributed by atoms with Gasteiger partial charge in [-0.15, -0.1) is 6.58 Å². The summed E-state index contributed by atoms with van der Waals surface area (Å²) < 4.78 is 33.1. The molecule has 0 radical (unpaired) electrons. The van der Waals surface area contributed by atoms with Crippen molar-refractivity contribution in [2.24, 2.45) is 0 Å². The fraction of sp³-hybridized carbons (Fsp3) is 0.375. The van der Waals surface area contributed by atoms with Gasteiger partial charge in [-0.2, -0.15) is 0 Å². The maximum atomic E-state index is 12.7. The summed E-state index contributed by atoms with van der Waals surface area (Å²) in [5.74, 6) is 0.616. The lowest BCUT2D eigenvalue weighted by Crippen LogP contribution is -2.34. The maximum Gasteiger partial charge on any atom is 0.240 e. The Morgan fingerprint density at radius 2 is 1.84 bits per heavy atom. The Balaban J connectivity index is 1.58. The van der Waals surface area contributed by atoms with Gasteiger partial charge < -0.3 is 9.64 Å². The van der Waals surface area contributed by atoms with Gasteiger partial charge in [0.15, 0.2) is 0 Å². The number of methoxy groups -OCH3 is 1. The second kappa shape index (κ2) is 10.6. The number of ether oxygens (including phenoxy) is 1. The molecule has 166 valence electrons. The van der Waals surface area contributed by atoms with Gasteiger partial charge in [0, 0.05) is 26.1 Å². The number of fused-ring (bicyclic) bond motifs is 1. The molecule has 2 aromatic carbocycles. The lowest BCUT2D eigenvalue weighted by Gasteiger charge is -2.21. The van der Waals surface area contributed by atoms with Crippen molar-refractivity contribution in [1.82, 2.24) is 9.62 Å². The summed E-state index contributed by atoms with van der Waals surface area (Å²) in [6.45, 7) is 4.59. The Morgan fingerprint density at radius 3 is 2.52 bits per heavy atom. The molecule has 1 aliphatic carbocycles. The molecular weight excluding hydrogens is 412 g/mol. The summed E-state index contributed by atoms with van der Waals surface area (Å²) in [6.07, 6.45) is 5.90. The van der Waals surface area contributed by atoms with Gasteiger partial charge >= 0.3 is 0 Å². The number of carbonyl (C=O) groups is 1. The van der Waals surface area contributed by atoms with E-state index in [0.717, 1.165) is 42.6 Å². The minimum absolute atomic E-state index is 0.0501. The monoisotopic (exact) mass is 442 g/mol. The summed E-state index contributed by atoms with van der Waals surface area (Å²) in [5.41, 5.74) is 3.31. The zero-order valence-electron chi connectivity index (χ0n) is 18.0. The molecule has 0 fully saturated rings. The number of sulfonamides is 1. The lowest BCUT2D eigenvalue weighted by atomic mass is 9.92. The van der Waals surface area contributed by atoms with Crippen LogP contribution in [-0.4, -0.2) is 39.4 Å². The van der Waals surface area contributed by atoms with E-state index in [1.807, 2.05) is 30.3 Å². The minimum Gasteiger partial charge on any atom is -0.497 e. The van der Waals surface area contributed by atoms with E-state index < -0.39 is 10.0 Å². The number of hydrogen-bond donors (Lipinski definition) is 1. The van der Waals surface area contributed by atoms with E-state index in [9.17, 15) is 13.2 Å². The molecule has 1 N–H and O–H groups in total. The highest BCUT2D eigenvalue weighted by Gasteiger charge is 2.19. The molecule has 0 aromatic heterocycles. The van der Waals surface area contributed by atoms with Gasteiger partial charge in [-0.1, -0.05) is 24.3 Å². The van der Waals surface area contributed by atoms with Crippen molar-refractivity contribution in [2.45, 2.75) is 43.5 Å². The van der Waals surface area contributed by atoms with E-state index in [1.165, 1.54) is 5.56 Å². The van der Waals surface area contributed by atoms with Gasteiger partial charge in [-0.25, -0.2) is 13.1 Å². The third-order valence-electron chi connectivity index (χ3n) is 5.50. The third kappa shape index (κ3) is 6.18. The molecule has 0 heterocycles. The number of carbonyl (C=O) groups excluding carboxylic acids is 1. The largest absolute Gasteiger partial charge is 0.497 e. The van der Waals surface area contributed by atoms with Gasteiger partial charge in [0.2, 0.25) is 15.9 Å². The molecule has 0 bridgehead atoms. The quantitative estimate of drug-likeness (QED) is 0.572. The number of nitrogens with zero attached hydrogens (tertiary/aromatic N) is 1. The van der Waals surface area contributed by atoms with Crippen molar-refractivity contribution in [3.63, 3.8) is 0 Å². The molecule has 0 saturated carbocycles. The lowest BCUT2D eigenvalue weighted by molar-refractivity contribution is -0.131. The van der Waals surface area contributed by atoms with E-state index >= 15 is 0 Å². The van der Waals surface area contributed by atoms with E-state index in [0.29, 0.717) is 13.1 Å². The van der Waals surface area contributed by atoms with Gasteiger partial charge in [-0.3, -0.25) is 4.79 Å². The van der Waals surface area contributed by atoms with Crippen LogP contribution in [0.25, 0.3) is 0 Å². The Labute approximate surface area is 185 Å². The fourth-order valence-electron chi connectivity index (χ4n) is 3.77. The van der Waals surface area contributed by atoms with Crippen LogP contribution in [0, 0.1) is 0 Å². The van der Waals surface area contributed by atoms with Crippen molar-refractivity contribution < 1.29 is 17.9 Å². The van der Waals surface area contributed by atoms with Crippen molar-refractivity contribution in [3.05, 3.63) is 71.8 Å². The Hall–Kier alpha value is -2.64. The Morgan fingerprint density at radius 1 is 1.13 bits per heavy atom. The summed E-state index contributed by atoms with van der Waals surface area (Å²) in [4.78, 5) is 14.6. The van der Waals surface area contributed by atoms with E-state index in [-0.39, 0.29) is 23.8 Å². The van der Waals surface area contributed by atoms with Crippen LogP contribution in [-0.2, 0) is 34.2 Å². The predicted molar refractivity (Wildman–Crippen MR) is 121 cm³/mol. The molecule has 3 rings (SSSR count). The van der Waals surface area contributed by atoms with Crippen LogP contribution in [0.3, 0.4) is 0 Å². The van der Waals surface area contributed by atoms with E-state index in [1.54, 1.807) is 30.2 Å². The molecule has 2 aromatic rings. The van der Waals surface area contributed by atoms with Crippen molar-refractivity contribution >= 4 is 15.9 Å². The Bertz CT molecular complexity index is 1020. The first-order valence-corrected chi connectivity index (χ1v) is 12.0. The molecule has 7 heteroatoms. The first-order valence-electron chi connectivity index (χ1n) is 10.6. The molecular formula is C24H30N2O4S. The third-order valence-corrected chi connectivity index (χ3v) is 6.95. The summed E-state index contributed by atoms with van der Waals surface area (Å²) in [6, 6.07) is 12.8. The summed E-state index contributed by atoms with van der Waals surface area (Å²) in [5, 5.41) is 0. The molecule has 31 heavy (non-hydrogen) atoms. The maximum absolute atomic E-state index is 12.7. The number of amides is 1. The van der Waals surface area contributed by atoms with E-state index in [4.69, 9.17) is 4.74 Å². The molecule has 0 unspecified atom stereocenters. The number of rotatable bonds is 10. The topological polar surface area (TPSA) is 75.7 Å². The highest BCUT2D eigenvalue weighted by atomic mass is 32.2. The van der Waals surface area contributed by atoms with Crippen LogP contribution < -0.4 is 9.46 Å². The number of benzene rings is 2. The molecule has 1 amide bonds. The smallest absolute Gasteiger partial charge is 0.240 e. The Kier molecular flexibility index (Phi) is 7.87. The molecule has 0 aliphatic heterocycles. The van der Waals surface area contributed by atoms with Crippen molar-refractivity contribution in [2.75, 3.05) is 20.2 Å². The molecule has 6 nitrogen and oxygen atoms in total. The van der Waals surface area contributed by atoms with Crippen molar-refractivity contribution in [3.8, 4) is 5.75 Å². The SMILES string of the molecule is C=CCN(Cc1ccc(OC)cc1)C(=O)CCNS(=O)(=O)c1ccc2c(c1)CCCC2. The second-order valence-electron chi connectivity index (χ2n) is 7.70. The van der Waals surface area contributed by atoms with Crippen LogP contribution in [0.5, 0.6) is 5.75 Å². The highest BCUT2D eigenvalue weighted by Crippen LogP contribution is 2.24. The zero-order chi connectivity index (χ0) is 22.3. The number of nitrogens with one attached hydrogen (secondary N) is 1. The minimum atomic E-state index is -3.65. The average Bonchev–Trinajstić information content (AvgIpc) is 2.78. The zero-order valence-corrected chi connectivity index (χ0v) is 18.8. The predicted octanol–water partition coefficient (Wildman–Crippen LogP) is 3.46. The first-order chi connectivity index (χ1) is 14.9. The van der Waals surface area contributed by atoms with Gasteiger partial charge in [0.05, 0.1) is 12.0 Å². The van der Waals surface area contributed by atoms with Gasteiger partial charge in [-0.05, 0) is 66.6 Å². The molecule has 0 spiro atoms. The van der Waals surface area contributed by atoms with Crippen LogP contribution >= 0.6 is 0 Å². The highest BCUT2D eigenvalue weighted by molar-refractivity contribution is 7.89. The first kappa shape index (κ1) is 23.0. The number of hydrogen-bond acceptors (Lipinski definition) is 4. The molecule has 0 saturated heterocycles. The molecule has 1 aliphatic rings.